The molecule has 1 saturated carbocycles. The van der Waals surface area contributed by atoms with Gasteiger partial charge >= 0.3 is 5.97 Å². The Balaban J connectivity index is 2.91. The van der Waals surface area contributed by atoms with E-state index in [0.717, 1.165) is 0 Å². The molecule has 0 heterocycles. The van der Waals surface area contributed by atoms with Crippen molar-refractivity contribution < 1.29 is 19.8 Å². The van der Waals surface area contributed by atoms with Gasteiger partial charge in [0, 0.05) is 24.9 Å². The van der Waals surface area contributed by atoms with Gasteiger partial charge in [-0.15, -0.1) is 0 Å². The molecule has 6 heteroatoms. The number of aliphatic carboxylic acids is 1. The minimum Gasteiger partial charge on any atom is -0.481 e. The average Bonchev–Trinajstić information content (AvgIpc) is 2.51. The first-order chi connectivity index (χ1) is 8.25. The molecule has 1 rings (SSSR count). The van der Waals surface area contributed by atoms with Crippen LogP contribution in [0.15, 0.2) is 0 Å². The number of aliphatic hydroxyl groups excluding tert-OH is 1. The number of carbonyl (C=O) groups excluding carboxylic acids is 1. The Bertz CT molecular complexity index is 332. The quantitative estimate of drug-likeness (QED) is 0.546. The largest absolute Gasteiger partial charge is 0.481 e. The van der Waals surface area contributed by atoms with E-state index >= 15 is 0 Å². The van der Waals surface area contributed by atoms with Crippen LogP contribution >= 0.6 is 0 Å². The van der Waals surface area contributed by atoms with E-state index in [0.29, 0.717) is 0 Å². The van der Waals surface area contributed by atoms with E-state index in [2.05, 4.69) is 5.32 Å². The first-order valence-corrected chi connectivity index (χ1v) is 6.19. The van der Waals surface area contributed by atoms with Crippen LogP contribution in [-0.4, -0.2) is 40.3 Å². The summed E-state index contributed by atoms with van der Waals surface area (Å²) in [6.07, 6.45) is -0.777. The lowest BCUT2D eigenvalue weighted by Gasteiger charge is -2.32. The van der Waals surface area contributed by atoms with Crippen molar-refractivity contribution in [3.05, 3.63) is 0 Å². The van der Waals surface area contributed by atoms with Gasteiger partial charge in [0.05, 0.1) is 12.0 Å². The van der Waals surface area contributed by atoms with Gasteiger partial charge in [0.2, 0.25) is 5.91 Å². The third-order valence-electron chi connectivity index (χ3n) is 3.65. The molecule has 5 unspecified atom stereocenters. The number of carbonyl (C=O) groups is 2. The van der Waals surface area contributed by atoms with Crippen molar-refractivity contribution in [1.29, 1.82) is 0 Å². The molecule has 0 aromatic rings. The summed E-state index contributed by atoms with van der Waals surface area (Å²) in [5.41, 5.74) is 5.94. The Kier molecular flexibility index (Phi) is 4.70. The molecule has 0 spiro atoms. The van der Waals surface area contributed by atoms with Crippen molar-refractivity contribution >= 4 is 11.9 Å². The molecule has 1 aliphatic carbocycles. The summed E-state index contributed by atoms with van der Waals surface area (Å²) < 4.78 is 0. The highest BCUT2D eigenvalue weighted by Crippen LogP contribution is 2.35. The summed E-state index contributed by atoms with van der Waals surface area (Å²) in [7, 11) is 0. The lowest BCUT2D eigenvalue weighted by molar-refractivity contribution is -0.145. The third-order valence-corrected chi connectivity index (χ3v) is 3.65. The molecule has 6 nitrogen and oxygen atoms in total. The molecule has 0 aliphatic heterocycles. The third kappa shape index (κ3) is 3.00. The van der Waals surface area contributed by atoms with Crippen LogP contribution in [0.2, 0.25) is 0 Å². The molecular weight excluding hydrogens is 236 g/mol. The topological polar surface area (TPSA) is 113 Å². The molecule has 0 bridgehead atoms. The second-order valence-corrected chi connectivity index (χ2v) is 5.38. The van der Waals surface area contributed by atoms with Gasteiger partial charge in [-0.05, 0) is 12.3 Å². The molecular formula is C12H22N2O4. The summed E-state index contributed by atoms with van der Waals surface area (Å²) in [6, 6.07) is -0.725. The normalized spacial score (nSPS) is 33.4. The molecule has 1 fully saturated rings. The van der Waals surface area contributed by atoms with Crippen molar-refractivity contribution in [2.24, 2.45) is 23.5 Å². The van der Waals surface area contributed by atoms with Crippen LogP contribution in [0.3, 0.4) is 0 Å². The second-order valence-electron chi connectivity index (χ2n) is 5.38. The SMILES string of the molecule is CC(=O)NC(C(C)C)C1C(N)CC(C(=O)O)C1O. The molecule has 1 aliphatic rings. The van der Waals surface area contributed by atoms with Crippen molar-refractivity contribution in [3.8, 4) is 0 Å². The molecule has 1 amide bonds. The number of carboxylic acid groups (broad SMARTS) is 1. The highest BCUT2D eigenvalue weighted by atomic mass is 16.4. The van der Waals surface area contributed by atoms with E-state index in [-0.39, 0.29) is 24.3 Å². The highest BCUT2D eigenvalue weighted by Gasteiger charge is 2.48. The van der Waals surface area contributed by atoms with Crippen LogP contribution in [0.1, 0.15) is 27.2 Å². The predicted molar refractivity (Wildman–Crippen MR) is 65.7 cm³/mol. The Labute approximate surface area is 107 Å². The number of hydrogen-bond acceptors (Lipinski definition) is 4. The number of aliphatic hydroxyl groups is 1. The van der Waals surface area contributed by atoms with Crippen LogP contribution in [0.25, 0.3) is 0 Å². The average molecular weight is 258 g/mol. The zero-order valence-corrected chi connectivity index (χ0v) is 11.0. The zero-order valence-electron chi connectivity index (χ0n) is 11.0. The Morgan fingerprint density at radius 3 is 2.28 bits per heavy atom. The van der Waals surface area contributed by atoms with Crippen molar-refractivity contribution in [3.63, 3.8) is 0 Å². The van der Waals surface area contributed by atoms with Crippen LogP contribution in [0.5, 0.6) is 0 Å². The lowest BCUT2D eigenvalue weighted by Crippen LogP contribution is -2.51. The Hall–Kier alpha value is -1.14. The lowest BCUT2D eigenvalue weighted by atomic mass is 9.84. The number of nitrogens with one attached hydrogen (secondary N) is 1. The predicted octanol–water partition coefficient (Wildman–Crippen LogP) is -0.444. The van der Waals surface area contributed by atoms with Crippen LogP contribution in [0, 0.1) is 17.8 Å². The molecule has 0 aromatic heterocycles. The Morgan fingerprint density at radius 2 is 1.94 bits per heavy atom. The number of nitrogens with two attached hydrogens (primary N) is 1. The smallest absolute Gasteiger partial charge is 0.309 e. The van der Waals surface area contributed by atoms with Gasteiger partial charge in [0.25, 0.3) is 0 Å². The van der Waals surface area contributed by atoms with Gasteiger partial charge < -0.3 is 21.3 Å². The zero-order chi connectivity index (χ0) is 14.0. The molecule has 0 radical (unpaired) electrons. The van der Waals surface area contributed by atoms with Crippen molar-refractivity contribution in [2.75, 3.05) is 0 Å². The van der Waals surface area contributed by atoms with Gasteiger partial charge in [0.1, 0.15) is 0 Å². The van der Waals surface area contributed by atoms with Gasteiger partial charge in [-0.25, -0.2) is 0 Å². The van der Waals surface area contributed by atoms with E-state index in [1.165, 1.54) is 6.92 Å². The minimum atomic E-state index is -1.04. The maximum Gasteiger partial charge on any atom is 0.309 e. The maximum atomic E-state index is 11.2. The van der Waals surface area contributed by atoms with E-state index < -0.39 is 30.0 Å². The summed E-state index contributed by atoms with van der Waals surface area (Å²) >= 11 is 0. The van der Waals surface area contributed by atoms with Gasteiger partial charge in [0.15, 0.2) is 0 Å². The van der Waals surface area contributed by atoms with E-state index in [1.54, 1.807) is 0 Å². The van der Waals surface area contributed by atoms with Crippen molar-refractivity contribution in [2.45, 2.75) is 45.4 Å². The fourth-order valence-corrected chi connectivity index (χ4v) is 2.78. The molecule has 5 atom stereocenters. The number of rotatable bonds is 4. The monoisotopic (exact) mass is 258 g/mol. The van der Waals surface area contributed by atoms with E-state index in [9.17, 15) is 14.7 Å². The van der Waals surface area contributed by atoms with Gasteiger partial charge in [-0.3, -0.25) is 9.59 Å². The first kappa shape index (κ1) is 14.9. The fourth-order valence-electron chi connectivity index (χ4n) is 2.78. The molecule has 0 aromatic carbocycles. The maximum absolute atomic E-state index is 11.2. The number of amides is 1. The van der Waals surface area contributed by atoms with Crippen LogP contribution in [-0.2, 0) is 9.59 Å². The first-order valence-electron chi connectivity index (χ1n) is 6.19. The van der Waals surface area contributed by atoms with E-state index in [4.69, 9.17) is 10.8 Å². The standard InChI is InChI=1S/C12H22N2O4/c1-5(2)10(14-6(3)15)9-8(13)4-7(11(9)16)12(17)18/h5,7-11,16H,4,13H2,1-3H3,(H,14,15)(H,17,18). The highest BCUT2D eigenvalue weighted by molar-refractivity contribution is 5.73. The van der Waals surface area contributed by atoms with Crippen molar-refractivity contribution in [1.82, 2.24) is 5.32 Å². The molecule has 5 N–H and O–H groups in total. The fraction of sp³-hybridized carbons (Fsp3) is 0.833. The van der Waals surface area contributed by atoms with Crippen LogP contribution < -0.4 is 11.1 Å². The minimum absolute atomic E-state index is 0.0761. The molecule has 104 valence electrons. The molecule has 0 saturated heterocycles. The Morgan fingerprint density at radius 1 is 1.39 bits per heavy atom. The number of hydrogen-bond donors (Lipinski definition) is 4. The van der Waals surface area contributed by atoms with Gasteiger partial charge in [-0.1, -0.05) is 13.8 Å². The van der Waals surface area contributed by atoms with Crippen LogP contribution in [0.4, 0.5) is 0 Å². The number of carboxylic acids is 1. The second kappa shape index (κ2) is 5.67. The summed E-state index contributed by atoms with van der Waals surface area (Å²) in [6.45, 7) is 5.22. The summed E-state index contributed by atoms with van der Waals surface area (Å²) in [5.74, 6) is -2.43. The summed E-state index contributed by atoms with van der Waals surface area (Å²) in [5, 5.41) is 21.9. The van der Waals surface area contributed by atoms with E-state index in [1.807, 2.05) is 13.8 Å². The molecule has 18 heavy (non-hydrogen) atoms. The summed E-state index contributed by atoms with van der Waals surface area (Å²) in [4.78, 5) is 22.2. The van der Waals surface area contributed by atoms with Gasteiger partial charge in [-0.2, -0.15) is 0 Å².